The second kappa shape index (κ2) is 8.98. The van der Waals surface area contributed by atoms with Crippen LogP contribution >= 0.6 is 0 Å². The second-order valence-corrected chi connectivity index (χ2v) is 4.84. The zero-order valence-electron chi connectivity index (χ0n) is 11.7. The molecule has 102 valence electrons. The molecule has 0 aliphatic heterocycles. The molecule has 1 atom stereocenters. The summed E-state index contributed by atoms with van der Waals surface area (Å²) >= 11 is 0. The summed E-state index contributed by atoms with van der Waals surface area (Å²) in [6.45, 7) is 2.24. The first kappa shape index (κ1) is 15.0. The van der Waals surface area contributed by atoms with Gasteiger partial charge in [0.1, 0.15) is 5.75 Å². The number of rotatable bonds is 9. The van der Waals surface area contributed by atoms with Gasteiger partial charge in [0.25, 0.3) is 0 Å². The van der Waals surface area contributed by atoms with Crippen molar-refractivity contribution in [3.63, 3.8) is 0 Å². The van der Waals surface area contributed by atoms with Gasteiger partial charge in [0, 0.05) is 12.7 Å². The van der Waals surface area contributed by atoms with Crippen molar-refractivity contribution in [2.75, 3.05) is 7.11 Å². The van der Waals surface area contributed by atoms with E-state index in [1.807, 2.05) is 18.2 Å². The Morgan fingerprint density at radius 2 is 1.72 bits per heavy atom. The Morgan fingerprint density at radius 1 is 1.06 bits per heavy atom. The molecule has 0 aromatic heterocycles. The lowest BCUT2D eigenvalue weighted by Crippen LogP contribution is -2.01. The number of aromatic hydroxyl groups is 1. The Labute approximate surface area is 111 Å². The monoisotopic (exact) mass is 250 g/mol. The number of phenols is 1. The van der Waals surface area contributed by atoms with E-state index < -0.39 is 0 Å². The van der Waals surface area contributed by atoms with E-state index in [0.717, 1.165) is 18.4 Å². The molecule has 0 amide bonds. The molecule has 1 unspecified atom stereocenters. The lowest BCUT2D eigenvalue weighted by atomic mass is 10.0. The minimum atomic E-state index is 0.0253. The van der Waals surface area contributed by atoms with Crippen LogP contribution < -0.4 is 0 Å². The molecular formula is C16H26O2. The lowest BCUT2D eigenvalue weighted by molar-refractivity contribution is 0.0909. The molecule has 0 saturated carbocycles. The van der Waals surface area contributed by atoms with Crippen LogP contribution in [0.3, 0.4) is 0 Å². The predicted molar refractivity (Wildman–Crippen MR) is 75.8 cm³/mol. The first-order valence-corrected chi connectivity index (χ1v) is 7.10. The zero-order valence-corrected chi connectivity index (χ0v) is 11.7. The minimum absolute atomic E-state index is 0.0253. The SMILES string of the molecule is CCCCCCCCC(OC)c1ccccc1O. The van der Waals surface area contributed by atoms with E-state index in [9.17, 15) is 5.11 Å². The summed E-state index contributed by atoms with van der Waals surface area (Å²) in [5, 5.41) is 9.80. The molecule has 0 aliphatic rings. The Bertz CT molecular complexity index is 323. The van der Waals surface area contributed by atoms with Crippen LogP contribution in [0.5, 0.6) is 5.75 Å². The number of unbranched alkanes of at least 4 members (excludes halogenated alkanes) is 5. The van der Waals surface area contributed by atoms with Gasteiger partial charge in [-0.15, -0.1) is 0 Å². The van der Waals surface area contributed by atoms with Crippen LogP contribution in [-0.2, 0) is 4.74 Å². The molecule has 1 N–H and O–H groups in total. The van der Waals surface area contributed by atoms with Crippen molar-refractivity contribution in [1.82, 2.24) is 0 Å². The van der Waals surface area contributed by atoms with Crippen LogP contribution in [-0.4, -0.2) is 12.2 Å². The number of para-hydroxylation sites is 1. The van der Waals surface area contributed by atoms with Crippen molar-refractivity contribution < 1.29 is 9.84 Å². The lowest BCUT2D eigenvalue weighted by Gasteiger charge is -2.16. The summed E-state index contributed by atoms with van der Waals surface area (Å²) in [5.74, 6) is 0.343. The van der Waals surface area contributed by atoms with Crippen molar-refractivity contribution in [3.8, 4) is 5.75 Å². The number of ether oxygens (including phenoxy) is 1. The molecule has 0 heterocycles. The molecule has 18 heavy (non-hydrogen) atoms. The quantitative estimate of drug-likeness (QED) is 0.636. The molecule has 1 rings (SSSR count). The average molecular weight is 250 g/mol. The van der Waals surface area contributed by atoms with Crippen LogP contribution in [0.15, 0.2) is 24.3 Å². The number of hydrogen-bond donors (Lipinski definition) is 1. The van der Waals surface area contributed by atoms with Crippen molar-refractivity contribution >= 4 is 0 Å². The number of hydrogen-bond acceptors (Lipinski definition) is 2. The fraction of sp³-hybridized carbons (Fsp3) is 0.625. The highest BCUT2D eigenvalue weighted by atomic mass is 16.5. The van der Waals surface area contributed by atoms with Gasteiger partial charge in [-0.3, -0.25) is 0 Å². The number of benzene rings is 1. The Balaban J connectivity index is 2.32. The summed E-state index contributed by atoms with van der Waals surface area (Å²) in [7, 11) is 1.72. The highest BCUT2D eigenvalue weighted by Crippen LogP contribution is 2.30. The van der Waals surface area contributed by atoms with Crippen molar-refractivity contribution in [1.29, 1.82) is 0 Å². The smallest absolute Gasteiger partial charge is 0.121 e. The molecule has 0 fully saturated rings. The minimum Gasteiger partial charge on any atom is -0.508 e. The Kier molecular flexibility index (Phi) is 7.51. The zero-order chi connectivity index (χ0) is 13.2. The van der Waals surface area contributed by atoms with Crippen molar-refractivity contribution in [3.05, 3.63) is 29.8 Å². The molecule has 0 saturated heterocycles. The molecule has 1 aromatic rings. The van der Waals surface area contributed by atoms with Crippen LogP contribution in [0, 0.1) is 0 Å². The van der Waals surface area contributed by atoms with Crippen molar-refractivity contribution in [2.45, 2.75) is 58.0 Å². The highest BCUT2D eigenvalue weighted by Gasteiger charge is 2.13. The van der Waals surface area contributed by atoms with Gasteiger partial charge in [0.2, 0.25) is 0 Å². The van der Waals surface area contributed by atoms with E-state index in [2.05, 4.69) is 6.92 Å². The maximum absolute atomic E-state index is 9.80. The second-order valence-electron chi connectivity index (χ2n) is 4.84. The predicted octanol–water partition coefficient (Wildman–Crippen LogP) is 4.83. The first-order chi connectivity index (χ1) is 8.79. The maximum Gasteiger partial charge on any atom is 0.121 e. The van der Waals surface area contributed by atoms with Gasteiger partial charge in [-0.05, 0) is 12.5 Å². The average Bonchev–Trinajstić information content (AvgIpc) is 2.39. The van der Waals surface area contributed by atoms with Crippen LogP contribution in [0.1, 0.15) is 63.5 Å². The molecule has 0 aliphatic carbocycles. The first-order valence-electron chi connectivity index (χ1n) is 7.10. The van der Waals surface area contributed by atoms with E-state index in [0.29, 0.717) is 5.75 Å². The molecule has 0 spiro atoms. The third-order valence-electron chi connectivity index (χ3n) is 3.39. The van der Waals surface area contributed by atoms with Crippen LogP contribution in [0.4, 0.5) is 0 Å². The number of methoxy groups -OCH3 is 1. The van der Waals surface area contributed by atoms with Gasteiger partial charge >= 0.3 is 0 Å². The summed E-state index contributed by atoms with van der Waals surface area (Å²) in [5.41, 5.74) is 0.911. The standard InChI is InChI=1S/C16H26O2/c1-3-4-5-6-7-8-13-16(18-2)14-11-9-10-12-15(14)17/h9-12,16-17H,3-8,13H2,1-2H3. The maximum atomic E-state index is 9.80. The summed E-state index contributed by atoms with van der Waals surface area (Å²) in [4.78, 5) is 0. The van der Waals surface area contributed by atoms with Crippen LogP contribution in [0.2, 0.25) is 0 Å². The third-order valence-corrected chi connectivity index (χ3v) is 3.39. The van der Waals surface area contributed by atoms with E-state index >= 15 is 0 Å². The van der Waals surface area contributed by atoms with Crippen molar-refractivity contribution in [2.24, 2.45) is 0 Å². The van der Waals surface area contributed by atoms with E-state index in [1.165, 1.54) is 32.1 Å². The summed E-state index contributed by atoms with van der Waals surface area (Å²) < 4.78 is 5.48. The largest absolute Gasteiger partial charge is 0.508 e. The third kappa shape index (κ3) is 5.09. The van der Waals surface area contributed by atoms with Gasteiger partial charge in [0.05, 0.1) is 6.10 Å². The van der Waals surface area contributed by atoms with Gasteiger partial charge in [-0.25, -0.2) is 0 Å². The van der Waals surface area contributed by atoms with E-state index in [4.69, 9.17) is 4.74 Å². The summed E-state index contributed by atoms with van der Waals surface area (Å²) in [6, 6.07) is 7.46. The highest BCUT2D eigenvalue weighted by molar-refractivity contribution is 5.33. The molecule has 2 nitrogen and oxygen atoms in total. The van der Waals surface area contributed by atoms with Crippen LogP contribution in [0.25, 0.3) is 0 Å². The Hall–Kier alpha value is -1.02. The van der Waals surface area contributed by atoms with Gasteiger partial charge in [-0.1, -0.05) is 63.6 Å². The topological polar surface area (TPSA) is 29.5 Å². The Morgan fingerprint density at radius 3 is 2.39 bits per heavy atom. The fourth-order valence-corrected chi connectivity index (χ4v) is 2.27. The van der Waals surface area contributed by atoms with Gasteiger partial charge in [0.15, 0.2) is 0 Å². The molecule has 1 aromatic carbocycles. The molecule has 2 heteroatoms. The molecule has 0 bridgehead atoms. The van der Waals surface area contributed by atoms with Gasteiger partial charge < -0.3 is 9.84 Å². The number of phenolic OH excluding ortho intramolecular Hbond substituents is 1. The molecular weight excluding hydrogens is 224 g/mol. The fourth-order valence-electron chi connectivity index (χ4n) is 2.27. The molecule has 0 radical (unpaired) electrons. The normalized spacial score (nSPS) is 12.6. The van der Waals surface area contributed by atoms with E-state index in [-0.39, 0.29) is 6.10 Å². The van der Waals surface area contributed by atoms with Gasteiger partial charge in [-0.2, -0.15) is 0 Å². The van der Waals surface area contributed by atoms with E-state index in [1.54, 1.807) is 13.2 Å². The summed E-state index contributed by atoms with van der Waals surface area (Å²) in [6.07, 6.45) is 8.71.